The first-order chi connectivity index (χ1) is 11.6. The van der Waals surface area contributed by atoms with E-state index in [4.69, 9.17) is 9.26 Å². The Labute approximate surface area is 139 Å². The first-order valence-electron chi connectivity index (χ1n) is 8.35. The summed E-state index contributed by atoms with van der Waals surface area (Å²) in [5.74, 6) is 1.64. The molecular formula is C16H21N5O3. The predicted molar refractivity (Wildman–Crippen MR) is 83.1 cm³/mol. The Balaban J connectivity index is 1.55. The molecule has 8 heteroatoms. The van der Waals surface area contributed by atoms with E-state index < -0.39 is 0 Å². The summed E-state index contributed by atoms with van der Waals surface area (Å²) >= 11 is 0. The normalized spacial score (nSPS) is 24.3. The molecule has 1 aliphatic heterocycles. The Bertz CT molecular complexity index is 736. The second-order valence-corrected chi connectivity index (χ2v) is 6.53. The maximum atomic E-state index is 12.8. The second kappa shape index (κ2) is 6.01. The molecule has 2 fully saturated rings. The molecule has 0 spiro atoms. The van der Waals surface area contributed by atoms with E-state index in [0.29, 0.717) is 25.0 Å². The van der Waals surface area contributed by atoms with Crippen molar-refractivity contribution in [1.82, 2.24) is 24.8 Å². The Morgan fingerprint density at radius 3 is 2.96 bits per heavy atom. The molecule has 1 aliphatic carbocycles. The number of aromatic nitrogens is 4. The van der Waals surface area contributed by atoms with Gasteiger partial charge in [-0.3, -0.25) is 9.48 Å². The minimum absolute atomic E-state index is 0.0000203. The van der Waals surface area contributed by atoms with Gasteiger partial charge < -0.3 is 14.2 Å². The first-order valence-corrected chi connectivity index (χ1v) is 8.35. The van der Waals surface area contributed by atoms with Gasteiger partial charge in [0.15, 0.2) is 5.82 Å². The van der Waals surface area contributed by atoms with E-state index in [-0.39, 0.29) is 24.5 Å². The highest BCUT2D eigenvalue weighted by molar-refractivity contribution is 5.78. The van der Waals surface area contributed by atoms with Crippen LogP contribution in [0.15, 0.2) is 16.8 Å². The average molecular weight is 331 g/mol. The molecule has 128 valence electrons. The Kier molecular flexibility index (Phi) is 3.84. The molecule has 24 heavy (non-hydrogen) atoms. The summed E-state index contributed by atoms with van der Waals surface area (Å²) < 4.78 is 12.9. The van der Waals surface area contributed by atoms with Crippen molar-refractivity contribution in [2.75, 3.05) is 13.2 Å². The Morgan fingerprint density at radius 2 is 2.25 bits per heavy atom. The van der Waals surface area contributed by atoms with E-state index in [9.17, 15) is 4.79 Å². The summed E-state index contributed by atoms with van der Waals surface area (Å²) in [5, 5.41) is 8.36. The van der Waals surface area contributed by atoms with Crippen molar-refractivity contribution in [3.05, 3.63) is 29.7 Å². The third-order valence-electron chi connectivity index (χ3n) is 4.57. The lowest BCUT2D eigenvalue weighted by atomic mass is 10.1. The second-order valence-electron chi connectivity index (χ2n) is 6.53. The van der Waals surface area contributed by atoms with Gasteiger partial charge in [-0.25, -0.2) is 0 Å². The zero-order valence-electron chi connectivity index (χ0n) is 13.9. The molecule has 0 N–H and O–H groups in total. The lowest BCUT2D eigenvalue weighted by molar-refractivity contribution is -0.146. The number of morpholine rings is 1. The van der Waals surface area contributed by atoms with Crippen LogP contribution in [0.1, 0.15) is 49.1 Å². The largest absolute Gasteiger partial charge is 0.374 e. The fourth-order valence-electron chi connectivity index (χ4n) is 3.12. The van der Waals surface area contributed by atoms with E-state index in [1.54, 1.807) is 9.58 Å². The van der Waals surface area contributed by atoms with E-state index >= 15 is 0 Å². The van der Waals surface area contributed by atoms with Gasteiger partial charge in [-0.1, -0.05) is 5.16 Å². The molecule has 2 atom stereocenters. The molecule has 0 unspecified atom stereocenters. The topological polar surface area (TPSA) is 86.3 Å². The molecule has 1 amide bonds. The summed E-state index contributed by atoms with van der Waals surface area (Å²) in [6.45, 7) is 2.96. The number of amides is 1. The highest BCUT2D eigenvalue weighted by Gasteiger charge is 2.39. The maximum Gasteiger partial charge on any atom is 0.252 e. The number of nitrogens with zero attached hydrogens (tertiary/aromatic N) is 5. The SMILES string of the molecule is C[C@H]1OCCN(C(=O)Cc2ccn(C)n2)[C@@H]1c1nc(C2CC2)no1. The zero-order chi connectivity index (χ0) is 16.7. The molecular weight excluding hydrogens is 310 g/mol. The molecule has 2 aromatic rings. The van der Waals surface area contributed by atoms with Gasteiger partial charge in [-0.15, -0.1) is 0 Å². The average Bonchev–Trinajstić information content (AvgIpc) is 3.16. The van der Waals surface area contributed by atoms with Gasteiger partial charge in [0.25, 0.3) is 5.89 Å². The Morgan fingerprint density at radius 1 is 1.42 bits per heavy atom. The smallest absolute Gasteiger partial charge is 0.252 e. The lowest BCUT2D eigenvalue weighted by Crippen LogP contribution is -2.48. The molecule has 1 saturated carbocycles. The van der Waals surface area contributed by atoms with Crippen LogP contribution in [0.25, 0.3) is 0 Å². The highest BCUT2D eigenvalue weighted by Crippen LogP contribution is 2.39. The van der Waals surface area contributed by atoms with Crippen LogP contribution in [-0.4, -0.2) is 50.0 Å². The number of hydrogen-bond donors (Lipinski definition) is 0. The van der Waals surface area contributed by atoms with Gasteiger partial charge >= 0.3 is 0 Å². The van der Waals surface area contributed by atoms with E-state index in [0.717, 1.165) is 24.4 Å². The molecule has 3 heterocycles. The molecule has 4 rings (SSSR count). The highest BCUT2D eigenvalue weighted by atomic mass is 16.5. The van der Waals surface area contributed by atoms with Crippen LogP contribution < -0.4 is 0 Å². The minimum atomic E-state index is -0.338. The van der Waals surface area contributed by atoms with Crippen LogP contribution in [0.4, 0.5) is 0 Å². The third-order valence-corrected chi connectivity index (χ3v) is 4.57. The predicted octanol–water partition coefficient (Wildman–Crippen LogP) is 1.21. The van der Waals surface area contributed by atoms with Gasteiger partial charge in [-0.05, 0) is 25.8 Å². The van der Waals surface area contributed by atoms with Crippen molar-refractivity contribution >= 4 is 5.91 Å². The lowest BCUT2D eigenvalue weighted by Gasteiger charge is -2.37. The molecule has 2 aliphatic rings. The number of carbonyl (C=O) groups excluding carboxylic acids is 1. The van der Waals surface area contributed by atoms with Gasteiger partial charge in [0.2, 0.25) is 5.91 Å². The van der Waals surface area contributed by atoms with Crippen molar-refractivity contribution < 1.29 is 14.1 Å². The number of hydrogen-bond acceptors (Lipinski definition) is 6. The number of rotatable bonds is 4. The Hall–Kier alpha value is -2.22. The van der Waals surface area contributed by atoms with Crippen molar-refractivity contribution in [3.63, 3.8) is 0 Å². The van der Waals surface area contributed by atoms with Crippen LogP contribution in [0, 0.1) is 0 Å². The van der Waals surface area contributed by atoms with Crippen LogP contribution >= 0.6 is 0 Å². The summed E-state index contributed by atoms with van der Waals surface area (Å²) in [6, 6.07) is 1.52. The molecule has 2 aromatic heterocycles. The number of aryl methyl sites for hydroxylation is 1. The molecule has 0 aromatic carbocycles. The third kappa shape index (κ3) is 2.93. The summed E-state index contributed by atoms with van der Waals surface area (Å²) in [7, 11) is 1.84. The summed E-state index contributed by atoms with van der Waals surface area (Å²) in [5.41, 5.74) is 0.754. The van der Waals surface area contributed by atoms with Gasteiger partial charge in [0.1, 0.15) is 6.04 Å². The van der Waals surface area contributed by atoms with Crippen molar-refractivity contribution in [1.29, 1.82) is 0 Å². The van der Waals surface area contributed by atoms with E-state index in [2.05, 4.69) is 15.2 Å². The van der Waals surface area contributed by atoms with Crippen LogP contribution in [0.2, 0.25) is 0 Å². The van der Waals surface area contributed by atoms with Gasteiger partial charge in [0, 0.05) is 25.7 Å². The van der Waals surface area contributed by atoms with E-state index in [1.807, 2.05) is 26.2 Å². The summed E-state index contributed by atoms with van der Waals surface area (Å²) in [6.07, 6.45) is 4.13. The minimum Gasteiger partial charge on any atom is -0.374 e. The van der Waals surface area contributed by atoms with Gasteiger partial charge in [0.05, 0.1) is 24.8 Å². The molecule has 0 bridgehead atoms. The fourth-order valence-corrected chi connectivity index (χ4v) is 3.12. The zero-order valence-corrected chi connectivity index (χ0v) is 13.9. The quantitative estimate of drug-likeness (QED) is 0.837. The van der Waals surface area contributed by atoms with Gasteiger partial charge in [-0.2, -0.15) is 10.1 Å². The molecule has 8 nitrogen and oxygen atoms in total. The molecule has 1 saturated heterocycles. The van der Waals surface area contributed by atoms with Crippen LogP contribution in [0.5, 0.6) is 0 Å². The monoisotopic (exact) mass is 331 g/mol. The number of ether oxygens (including phenoxy) is 1. The van der Waals surface area contributed by atoms with Crippen LogP contribution in [-0.2, 0) is 23.0 Å². The van der Waals surface area contributed by atoms with E-state index in [1.165, 1.54) is 0 Å². The van der Waals surface area contributed by atoms with Crippen molar-refractivity contribution in [2.45, 2.75) is 44.2 Å². The molecule has 0 radical (unpaired) electrons. The number of carbonyl (C=O) groups is 1. The standard InChI is InChI=1S/C16H21N5O3/c1-10-14(16-17-15(19-24-16)11-3-4-11)21(7-8-23-10)13(22)9-12-5-6-20(2)18-12/h5-6,10-11,14H,3-4,7-9H2,1-2H3/t10-,14+/m1/s1. The first kappa shape index (κ1) is 15.3. The summed E-state index contributed by atoms with van der Waals surface area (Å²) in [4.78, 5) is 19.1. The van der Waals surface area contributed by atoms with Crippen molar-refractivity contribution in [2.24, 2.45) is 7.05 Å². The van der Waals surface area contributed by atoms with Crippen molar-refractivity contribution in [3.8, 4) is 0 Å². The maximum absolute atomic E-state index is 12.8. The fraction of sp³-hybridized carbons (Fsp3) is 0.625. The van der Waals surface area contributed by atoms with Crippen LogP contribution in [0.3, 0.4) is 0 Å².